The maximum absolute atomic E-state index is 13.4. The quantitative estimate of drug-likeness (QED) is 0.588. The van der Waals surface area contributed by atoms with Crippen molar-refractivity contribution < 1.29 is 32.2 Å². The molecule has 0 unspecified atom stereocenters. The Morgan fingerprint density at radius 1 is 1.16 bits per heavy atom. The average Bonchev–Trinajstić information content (AvgIpc) is 2.69. The minimum atomic E-state index is -2.92. The van der Waals surface area contributed by atoms with Crippen LogP contribution in [-0.4, -0.2) is 35.6 Å². The third-order valence-electron chi connectivity index (χ3n) is 5.63. The summed E-state index contributed by atoms with van der Waals surface area (Å²) in [5, 5.41) is 5.64. The predicted octanol–water partition coefficient (Wildman–Crippen LogP) is 3.21. The van der Waals surface area contributed by atoms with Gasteiger partial charge >= 0.3 is 6.61 Å². The lowest BCUT2D eigenvalue weighted by atomic mass is 9.39. The second kappa shape index (κ2) is 8.50. The van der Waals surface area contributed by atoms with Gasteiger partial charge in [-0.3, -0.25) is 14.6 Å². The highest BCUT2D eigenvalue weighted by molar-refractivity contribution is 6.30. The summed E-state index contributed by atoms with van der Waals surface area (Å²) in [6.07, 6.45) is 2.71. The van der Waals surface area contributed by atoms with Gasteiger partial charge in [0, 0.05) is 11.6 Å². The van der Waals surface area contributed by atoms with Crippen LogP contribution in [0.25, 0.3) is 0 Å². The van der Waals surface area contributed by atoms with Crippen molar-refractivity contribution in [1.82, 2.24) is 15.6 Å². The second-order valence-electron chi connectivity index (χ2n) is 8.05. The monoisotopic (exact) mass is 469 g/mol. The van der Waals surface area contributed by atoms with Crippen LogP contribution in [-0.2, 0) is 16.1 Å². The fraction of sp³-hybridized carbons (Fsp3) is 0.381. The van der Waals surface area contributed by atoms with E-state index in [1.807, 2.05) is 0 Å². The Bertz CT molecular complexity index is 1020. The molecule has 0 radical (unpaired) electrons. The fourth-order valence-corrected chi connectivity index (χ4v) is 4.37. The molecule has 2 bridgehead atoms. The van der Waals surface area contributed by atoms with Crippen molar-refractivity contribution >= 4 is 23.4 Å². The number of benzene rings is 1. The summed E-state index contributed by atoms with van der Waals surface area (Å²) >= 11 is 5.60. The molecule has 1 aromatic carbocycles. The van der Waals surface area contributed by atoms with Gasteiger partial charge in [-0.2, -0.15) is 8.78 Å². The van der Waals surface area contributed by atoms with Gasteiger partial charge in [0.1, 0.15) is 17.3 Å². The van der Waals surface area contributed by atoms with E-state index in [0.717, 1.165) is 6.07 Å². The molecule has 3 saturated carbocycles. The molecule has 3 aliphatic rings. The molecule has 1 heterocycles. The first kappa shape index (κ1) is 22.2. The molecule has 3 fully saturated rings. The second-order valence-corrected chi connectivity index (χ2v) is 8.46. The Balaban J connectivity index is 1.19. The molecule has 2 N–H and O–H groups in total. The Morgan fingerprint density at radius 2 is 1.88 bits per heavy atom. The maximum Gasteiger partial charge on any atom is 0.387 e. The Hall–Kier alpha value is -3.01. The summed E-state index contributed by atoms with van der Waals surface area (Å²) in [4.78, 5) is 28.7. The summed E-state index contributed by atoms with van der Waals surface area (Å²) in [7, 11) is 0. The first-order valence-corrected chi connectivity index (χ1v) is 10.1. The van der Waals surface area contributed by atoms with Crippen molar-refractivity contribution in [2.24, 2.45) is 5.41 Å². The first-order valence-electron chi connectivity index (χ1n) is 9.76. The van der Waals surface area contributed by atoms with Crippen LogP contribution in [0.2, 0.25) is 5.02 Å². The zero-order chi connectivity index (χ0) is 22.9. The number of amides is 2. The van der Waals surface area contributed by atoms with Crippen molar-refractivity contribution in [2.45, 2.75) is 38.0 Å². The molecule has 7 nitrogen and oxygen atoms in total. The van der Waals surface area contributed by atoms with E-state index in [1.54, 1.807) is 0 Å². The number of hydrogen-bond donors (Lipinski definition) is 2. The lowest BCUT2D eigenvalue weighted by Crippen LogP contribution is -2.78. The number of nitrogens with zero attached hydrogens (tertiary/aromatic N) is 1. The molecule has 11 heteroatoms. The molecule has 0 aliphatic heterocycles. The van der Waals surface area contributed by atoms with E-state index < -0.39 is 23.4 Å². The smallest absolute Gasteiger partial charge is 0.387 e. The largest absolute Gasteiger partial charge is 0.484 e. The van der Waals surface area contributed by atoms with Gasteiger partial charge in [-0.1, -0.05) is 11.6 Å². The van der Waals surface area contributed by atoms with Crippen LogP contribution in [0.5, 0.6) is 11.5 Å². The van der Waals surface area contributed by atoms with E-state index in [0.29, 0.717) is 25.0 Å². The molecule has 32 heavy (non-hydrogen) atoms. The average molecular weight is 470 g/mol. The number of rotatable bonds is 9. The fourth-order valence-electron chi connectivity index (χ4n) is 4.26. The number of alkyl halides is 2. The van der Waals surface area contributed by atoms with E-state index in [1.165, 1.54) is 30.5 Å². The van der Waals surface area contributed by atoms with E-state index in [-0.39, 0.29) is 41.5 Å². The van der Waals surface area contributed by atoms with Crippen LogP contribution in [0.1, 0.15) is 25.0 Å². The van der Waals surface area contributed by atoms with Gasteiger partial charge in [0.25, 0.3) is 5.91 Å². The van der Waals surface area contributed by atoms with Gasteiger partial charge in [0.15, 0.2) is 6.61 Å². The zero-order valence-electron chi connectivity index (χ0n) is 16.7. The van der Waals surface area contributed by atoms with E-state index in [4.69, 9.17) is 16.3 Å². The molecule has 0 atom stereocenters. The van der Waals surface area contributed by atoms with Crippen molar-refractivity contribution in [1.29, 1.82) is 0 Å². The first-order chi connectivity index (χ1) is 15.2. The normalized spacial score (nSPS) is 23.0. The Kier molecular flexibility index (Phi) is 5.89. The molecule has 1 aromatic heterocycles. The van der Waals surface area contributed by atoms with Gasteiger partial charge in [0.2, 0.25) is 5.91 Å². The molecule has 0 saturated heterocycles. The van der Waals surface area contributed by atoms with Gasteiger partial charge in [-0.05, 0) is 43.5 Å². The predicted molar refractivity (Wildman–Crippen MR) is 107 cm³/mol. The van der Waals surface area contributed by atoms with Crippen molar-refractivity contribution in [3.63, 3.8) is 0 Å². The molecule has 2 amide bonds. The summed E-state index contributed by atoms with van der Waals surface area (Å²) in [6.45, 7) is -3.05. The summed E-state index contributed by atoms with van der Waals surface area (Å²) in [5.74, 6) is -1.000. The molecule has 2 aromatic rings. The lowest BCUT2D eigenvalue weighted by Gasteiger charge is -2.69. The molecule has 3 aliphatic carbocycles. The summed E-state index contributed by atoms with van der Waals surface area (Å²) in [6, 6.07) is 6.76. The molecule has 5 rings (SSSR count). The SMILES string of the molecule is O=C(COc1ccc(Cl)c(F)c1)NC12CC(C(=O)NCc3ccc(OC(F)F)cn3)(C1)C2. The van der Waals surface area contributed by atoms with Gasteiger partial charge in [-0.25, -0.2) is 4.39 Å². The van der Waals surface area contributed by atoms with Crippen LogP contribution in [0, 0.1) is 11.2 Å². The number of carbonyl (C=O) groups is 2. The number of aromatic nitrogens is 1. The number of hydrogen-bond acceptors (Lipinski definition) is 5. The zero-order valence-corrected chi connectivity index (χ0v) is 17.4. The standard InChI is InChI=1S/C21H19ClF3N3O4/c22-15-4-3-13(5-16(15)23)31-8-17(29)28-21-9-20(10-21,11-21)18(30)27-6-12-1-2-14(7-26-12)32-19(24)25/h1-5,7,19H,6,8-11H2,(H,27,30)(H,28,29). The van der Waals surface area contributed by atoms with Gasteiger partial charge in [0.05, 0.1) is 28.9 Å². The van der Waals surface area contributed by atoms with E-state index >= 15 is 0 Å². The highest BCUT2D eigenvalue weighted by Gasteiger charge is 2.72. The van der Waals surface area contributed by atoms with Gasteiger partial charge in [-0.15, -0.1) is 0 Å². The number of carbonyl (C=O) groups excluding carboxylic acids is 2. The molecule has 170 valence electrons. The highest BCUT2D eigenvalue weighted by Crippen LogP contribution is 2.67. The molecular weight excluding hydrogens is 451 g/mol. The highest BCUT2D eigenvalue weighted by atomic mass is 35.5. The van der Waals surface area contributed by atoms with Crippen LogP contribution in [0.15, 0.2) is 36.5 Å². The topological polar surface area (TPSA) is 89.5 Å². The lowest BCUT2D eigenvalue weighted by molar-refractivity contribution is -0.184. The number of halogens is 4. The summed E-state index contributed by atoms with van der Waals surface area (Å²) in [5.41, 5.74) is -0.438. The van der Waals surface area contributed by atoms with E-state index in [2.05, 4.69) is 20.4 Å². The third-order valence-corrected chi connectivity index (χ3v) is 5.94. The van der Waals surface area contributed by atoms with Gasteiger partial charge < -0.3 is 20.1 Å². The van der Waals surface area contributed by atoms with Crippen molar-refractivity contribution in [3.05, 3.63) is 53.1 Å². The van der Waals surface area contributed by atoms with E-state index in [9.17, 15) is 22.8 Å². The van der Waals surface area contributed by atoms with Crippen LogP contribution >= 0.6 is 11.6 Å². The minimum absolute atomic E-state index is 0.0344. The van der Waals surface area contributed by atoms with Crippen molar-refractivity contribution in [3.8, 4) is 11.5 Å². The summed E-state index contributed by atoms with van der Waals surface area (Å²) < 4.78 is 47.2. The maximum atomic E-state index is 13.4. The molecule has 0 spiro atoms. The molecular formula is C21H19ClF3N3O4. The van der Waals surface area contributed by atoms with Crippen LogP contribution in [0.4, 0.5) is 13.2 Å². The minimum Gasteiger partial charge on any atom is -0.484 e. The number of ether oxygens (including phenoxy) is 2. The van der Waals surface area contributed by atoms with Crippen LogP contribution in [0.3, 0.4) is 0 Å². The number of pyridine rings is 1. The third kappa shape index (κ3) is 4.59. The number of nitrogens with one attached hydrogen (secondary N) is 2. The van der Waals surface area contributed by atoms with Crippen LogP contribution < -0.4 is 20.1 Å². The Morgan fingerprint density at radius 3 is 2.50 bits per heavy atom. The Labute approximate surface area is 186 Å². The van der Waals surface area contributed by atoms with Crippen molar-refractivity contribution in [2.75, 3.05) is 6.61 Å².